The van der Waals surface area contributed by atoms with Gasteiger partial charge in [0.15, 0.2) is 17.3 Å². The highest BCUT2D eigenvalue weighted by Crippen LogP contribution is 2.29. The Hall–Kier alpha value is -3.05. The van der Waals surface area contributed by atoms with Crippen LogP contribution in [0.4, 0.5) is 0 Å². The molecule has 5 heteroatoms. The van der Waals surface area contributed by atoms with Gasteiger partial charge in [0.1, 0.15) is 12.4 Å². The summed E-state index contributed by atoms with van der Waals surface area (Å²) in [6.45, 7) is 0.489. The van der Waals surface area contributed by atoms with Crippen LogP contribution < -0.4 is 9.47 Å². The van der Waals surface area contributed by atoms with Gasteiger partial charge in [-0.2, -0.15) is 0 Å². The molecule has 0 unspecified atom stereocenters. The van der Waals surface area contributed by atoms with Crippen LogP contribution in [0.2, 0.25) is 0 Å². The maximum Gasteiger partial charge on any atom is 0.185 e. The molecule has 132 valence electrons. The SMILES string of the molecule is COc1cc(/C=C/C(=O)c2ccc(O)cc2)ccc1OCc1cccs1. The quantitative estimate of drug-likeness (QED) is 0.475. The lowest BCUT2D eigenvalue weighted by Crippen LogP contribution is -1.96. The van der Waals surface area contributed by atoms with E-state index in [1.165, 1.54) is 18.2 Å². The van der Waals surface area contributed by atoms with Crippen LogP contribution >= 0.6 is 11.3 Å². The number of benzene rings is 2. The monoisotopic (exact) mass is 366 g/mol. The number of rotatable bonds is 7. The number of thiophene rings is 1. The van der Waals surface area contributed by atoms with Gasteiger partial charge in [-0.05, 0) is 59.5 Å². The van der Waals surface area contributed by atoms with Crippen LogP contribution in [0.3, 0.4) is 0 Å². The number of hydrogen-bond acceptors (Lipinski definition) is 5. The van der Waals surface area contributed by atoms with Gasteiger partial charge in [0.05, 0.1) is 7.11 Å². The minimum atomic E-state index is -0.137. The average molecular weight is 366 g/mol. The van der Waals surface area contributed by atoms with Gasteiger partial charge in [0.2, 0.25) is 0 Å². The largest absolute Gasteiger partial charge is 0.508 e. The third-order valence-corrected chi connectivity index (χ3v) is 4.57. The van der Waals surface area contributed by atoms with Crippen LogP contribution in [0.25, 0.3) is 6.08 Å². The van der Waals surface area contributed by atoms with E-state index in [0.29, 0.717) is 23.7 Å². The van der Waals surface area contributed by atoms with Crippen molar-refractivity contribution in [3.8, 4) is 17.2 Å². The van der Waals surface area contributed by atoms with Gasteiger partial charge in [-0.3, -0.25) is 4.79 Å². The molecule has 0 aliphatic carbocycles. The summed E-state index contributed by atoms with van der Waals surface area (Å²) in [7, 11) is 1.59. The third-order valence-electron chi connectivity index (χ3n) is 3.72. The number of methoxy groups -OCH3 is 1. The van der Waals surface area contributed by atoms with Crippen molar-refractivity contribution < 1.29 is 19.4 Å². The summed E-state index contributed by atoms with van der Waals surface area (Å²) in [6.07, 6.45) is 3.22. The van der Waals surface area contributed by atoms with E-state index < -0.39 is 0 Å². The number of phenols is 1. The maximum absolute atomic E-state index is 12.2. The summed E-state index contributed by atoms with van der Waals surface area (Å²) in [5.41, 5.74) is 1.35. The Balaban J connectivity index is 1.70. The van der Waals surface area contributed by atoms with Crippen molar-refractivity contribution in [3.63, 3.8) is 0 Å². The number of phenolic OH excluding ortho intramolecular Hbond substituents is 1. The fraction of sp³-hybridized carbons (Fsp3) is 0.0952. The Labute approximate surface area is 156 Å². The van der Waals surface area contributed by atoms with Gasteiger partial charge in [-0.15, -0.1) is 11.3 Å². The first-order valence-corrected chi connectivity index (χ1v) is 8.88. The topological polar surface area (TPSA) is 55.8 Å². The lowest BCUT2D eigenvalue weighted by molar-refractivity contribution is 0.104. The van der Waals surface area contributed by atoms with Crippen molar-refractivity contribution in [1.29, 1.82) is 0 Å². The van der Waals surface area contributed by atoms with Gasteiger partial charge < -0.3 is 14.6 Å². The summed E-state index contributed by atoms with van der Waals surface area (Å²) in [5, 5.41) is 11.3. The van der Waals surface area contributed by atoms with E-state index in [1.54, 1.807) is 36.7 Å². The number of hydrogen-bond donors (Lipinski definition) is 1. The Kier molecular flexibility index (Phi) is 5.71. The molecule has 1 N–H and O–H groups in total. The zero-order valence-electron chi connectivity index (χ0n) is 14.2. The molecular formula is C21H18O4S. The summed E-state index contributed by atoms with van der Waals surface area (Å²) in [5.74, 6) is 1.26. The number of aromatic hydroxyl groups is 1. The second-order valence-corrected chi connectivity index (χ2v) is 6.56. The molecule has 1 aromatic heterocycles. The highest BCUT2D eigenvalue weighted by atomic mass is 32.1. The normalized spacial score (nSPS) is 10.8. The Bertz CT molecular complexity index is 896. The summed E-state index contributed by atoms with van der Waals surface area (Å²) in [6, 6.07) is 15.7. The highest BCUT2D eigenvalue weighted by molar-refractivity contribution is 7.09. The fourth-order valence-electron chi connectivity index (χ4n) is 2.34. The first-order chi connectivity index (χ1) is 12.7. The van der Waals surface area contributed by atoms with Crippen molar-refractivity contribution in [3.05, 3.63) is 82.1 Å². The van der Waals surface area contributed by atoms with E-state index in [1.807, 2.05) is 35.7 Å². The van der Waals surface area contributed by atoms with E-state index in [-0.39, 0.29) is 11.5 Å². The number of carbonyl (C=O) groups excluding carboxylic acids is 1. The average Bonchev–Trinajstić information content (AvgIpc) is 3.19. The molecule has 0 aliphatic heterocycles. The molecule has 0 atom stereocenters. The van der Waals surface area contributed by atoms with Crippen LogP contribution in [0.15, 0.2) is 66.1 Å². The van der Waals surface area contributed by atoms with Gasteiger partial charge in [0, 0.05) is 10.4 Å². The molecule has 2 aromatic carbocycles. The van der Waals surface area contributed by atoms with Crippen LogP contribution in [0.5, 0.6) is 17.2 Å². The molecule has 0 radical (unpaired) electrons. The van der Waals surface area contributed by atoms with Gasteiger partial charge in [-0.1, -0.05) is 18.2 Å². The van der Waals surface area contributed by atoms with E-state index in [9.17, 15) is 9.90 Å². The van der Waals surface area contributed by atoms with Crippen LogP contribution in [0.1, 0.15) is 20.8 Å². The highest BCUT2D eigenvalue weighted by Gasteiger charge is 2.07. The predicted molar refractivity (Wildman–Crippen MR) is 103 cm³/mol. The van der Waals surface area contributed by atoms with E-state index in [4.69, 9.17) is 9.47 Å². The number of ketones is 1. The van der Waals surface area contributed by atoms with Crippen molar-refractivity contribution in [2.24, 2.45) is 0 Å². The Morgan fingerprint density at radius 1 is 1.12 bits per heavy atom. The summed E-state index contributed by atoms with van der Waals surface area (Å²) >= 11 is 1.64. The zero-order valence-corrected chi connectivity index (χ0v) is 15.0. The molecule has 4 nitrogen and oxygen atoms in total. The molecular weight excluding hydrogens is 348 g/mol. The lowest BCUT2D eigenvalue weighted by Gasteiger charge is -2.10. The van der Waals surface area contributed by atoms with Crippen LogP contribution in [-0.2, 0) is 6.61 Å². The fourth-order valence-corrected chi connectivity index (χ4v) is 2.96. The Morgan fingerprint density at radius 2 is 1.92 bits per heavy atom. The molecule has 0 saturated heterocycles. The van der Waals surface area contributed by atoms with Crippen LogP contribution in [-0.4, -0.2) is 18.0 Å². The Morgan fingerprint density at radius 3 is 2.62 bits per heavy atom. The van der Waals surface area contributed by atoms with E-state index >= 15 is 0 Å². The number of ether oxygens (including phenoxy) is 2. The molecule has 0 amide bonds. The second kappa shape index (κ2) is 8.36. The molecule has 3 aromatic rings. The molecule has 0 fully saturated rings. The molecule has 1 heterocycles. The first kappa shape index (κ1) is 17.8. The van der Waals surface area contributed by atoms with Crippen molar-refractivity contribution in [1.82, 2.24) is 0 Å². The van der Waals surface area contributed by atoms with Crippen molar-refractivity contribution in [2.45, 2.75) is 6.61 Å². The summed E-state index contributed by atoms with van der Waals surface area (Å²) < 4.78 is 11.2. The predicted octanol–water partition coefficient (Wildman–Crippen LogP) is 4.94. The minimum absolute atomic E-state index is 0.133. The third kappa shape index (κ3) is 4.52. The molecule has 0 saturated carbocycles. The molecule has 3 rings (SSSR count). The lowest BCUT2D eigenvalue weighted by atomic mass is 10.1. The molecule has 26 heavy (non-hydrogen) atoms. The van der Waals surface area contributed by atoms with Gasteiger partial charge >= 0.3 is 0 Å². The molecule has 0 bridgehead atoms. The number of carbonyl (C=O) groups is 1. The standard InChI is InChI=1S/C21H18O4S/c1-24-21-13-15(4-10-19(23)16-6-8-17(22)9-7-16)5-11-20(21)25-14-18-3-2-12-26-18/h2-13,22H,14H2,1H3/b10-4+. The summed E-state index contributed by atoms with van der Waals surface area (Å²) in [4.78, 5) is 13.3. The minimum Gasteiger partial charge on any atom is -0.508 e. The van der Waals surface area contributed by atoms with Gasteiger partial charge in [-0.25, -0.2) is 0 Å². The smallest absolute Gasteiger partial charge is 0.185 e. The number of allylic oxidation sites excluding steroid dienone is 1. The molecule has 0 spiro atoms. The maximum atomic E-state index is 12.2. The van der Waals surface area contributed by atoms with Crippen molar-refractivity contribution in [2.75, 3.05) is 7.11 Å². The van der Waals surface area contributed by atoms with E-state index in [0.717, 1.165) is 10.4 Å². The first-order valence-electron chi connectivity index (χ1n) is 8.00. The second-order valence-electron chi connectivity index (χ2n) is 5.52. The molecule has 0 aliphatic rings. The van der Waals surface area contributed by atoms with Crippen molar-refractivity contribution >= 4 is 23.2 Å². The van der Waals surface area contributed by atoms with E-state index in [2.05, 4.69) is 0 Å². The zero-order chi connectivity index (χ0) is 18.4. The van der Waals surface area contributed by atoms with Crippen LogP contribution in [0, 0.1) is 0 Å². The van der Waals surface area contributed by atoms with Gasteiger partial charge in [0.25, 0.3) is 0 Å².